The van der Waals surface area contributed by atoms with E-state index in [-0.39, 0.29) is 0 Å². The maximum atomic E-state index is 13.2. The summed E-state index contributed by atoms with van der Waals surface area (Å²) in [6, 6.07) is 0. The maximum Gasteiger partial charge on any atom is 0.264 e. The van der Waals surface area contributed by atoms with E-state index in [1.165, 1.54) is 0 Å². The molecule has 0 N–H and O–H groups in total. The van der Waals surface area contributed by atoms with Crippen molar-refractivity contribution in [2.75, 3.05) is 6.26 Å². The van der Waals surface area contributed by atoms with E-state index in [1.807, 2.05) is 0 Å². The van der Waals surface area contributed by atoms with Crippen LogP contribution in [0, 0.1) is 30.2 Å². The molecule has 1 rings (SSSR count). The molecule has 1 aromatic rings. The third-order valence-electron chi connectivity index (χ3n) is 1.99. The SMILES string of the molecule is Cc1c(F)c(F)c(COS(C)(=O)=O)c(F)c1F. The number of hydrogen-bond donors (Lipinski definition) is 0. The van der Waals surface area contributed by atoms with Crippen LogP contribution in [-0.4, -0.2) is 14.7 Å². The topological polar surface area (TPSA) is 43.4 Å². The summed E-state index contributed by atoms with van der Waals surface area (Å²) in [7, 11) is -3.97. The Balaban J connectivity index is 3.25. The molecule has 0 aromatic heterocycles. The minimum Gasteiger partial charge on any atom is -0.265 e. The molecule has 0 heterocycles. The van der Waals surface area contributed by atoms with Gasteiger partial charge in [-0.15, -0.1) is 0 Å². The van der Waals surface area contributed by atoms with E-state index >= 15 is 0 Å². The molecule has 0 spiro atoms. The van der Waals surface area contributed by atoms with Crippen LogP contribution >= 0.6 is 0 Å². The second-order valence-electron chi connectivity index (χ2n) is 3.33. The average Bonchev–Trinajstić information content (AvgIpc) is 2.22. The predicted octanol–water partition coefficient (Wildman–Crippen LogP) is 2.03. The van der Waals surface area contributed by atoms with Gasteiger partial charge in [-0.25, -0.2) is 17.6 Å². The van der Waals surface area contributed by atoms with E-state index in [4.69, 9.17) is 0 Å². The van der Waals surface area contributed by atoms with Crippen LogP contribution in [0.25, 0.3) is 0 Å². The Hall–Kier alpha value is -1.15. The molecule has 0 saturated heterocycles. The molecule has 3 nitrogen and oxygen atoms in total. The monoisotopic (exact) mass is 272 g/mol. The largest absolute Gasteiger partial charge is 0.265 e. The van der Waals surface area contributed by atoms with Crippen molar-refractivity contribution in [2.45, 2.75) is 13.5 Å². The lowest BCUT2D eigenvalue weighted by molar-refractivity contribution is 0.291. The number of benzene rings is 1. The first-order valence-corrected chi connectivity index (χ1v) is 6.12. The zero-order valence-electron chi connectivity index (χ0n) is 8.85. The van der Waals surface area contributed by atoms with Gasteiger partial charge in [0.2, 0.25) is 0 Å². The van der Waals surface area contributed by atoms with Crippen molar-refractivity contribution >= 4 is 10.1 Å². The summed E-state index contributed by atoms with van der Waals surface area (Å²) in [5, 5.41) is 0. The minimum atomic E-state index is -3.97. The fraction of sp³-hybridized carbons (Fsp3) is 0.333. The van der Waals surface area contributed by atoms with Crippen LogP contribution in [0.5, 0.6) is 0 Å². The van der Waals surface area contributed by atoms with Crippen molar-refractivity contribution in [3.05, 3.63) is 34.4 Å². The van der Waals surface area contributed by atoms with E-state index in [0.29, 0.717) is 6.26 Å². The van der Waals surface area contributed by atoms with Crippen LogP contribution in [0.2, 0.25) is 0 Å². The highest BCUT2D eigenvalue weighted by atomic mass is 32.2. The first-order valence-electron chi connectivity index (χ1n) is 4.31. The lowest BCUT2D eigenvalue weighted by Gasteiger charge is -2.09. The lowest BCUT2D eigenvalue weighted by atomic mass is 10.1. The molecule has 8 heteroatoms. The van der Waals surface area contributed by atoms with Crippen molar-refractivity contribution in [1.29, 1.82) is 0 Å². The van der Waals surface area contributed by atoms with Crippen molar-refractivity contribution in [2.24, 2.45) is 0 Å². The molecule has 0 aliphatic carbocycles. The zero-order chi connectivity index (χ0) is 13.4. The van der Waals surface area contributed by atoms with Crippen LogP contribution in [0.1, 0.15) is 11.1 Å². The van der Waals surface area contributed by atoms with Crippen LogP contribution < -0.4 is 0 Å². The highest BCUT2D eigenvalue weighted by Gasteiger charge is 2.23. The predicted molar refractivity (Wildman–Crippen MR) is 50.6 cm³/mol. The molecule has 17 heavy (non-hydrogen) atoms. The summed E-state index contributed by atoms with van der Waals surface area (Å²) >= 11 is 0. The van der Waals surface area contributed by atoms with Crippen LogP contribution in [0.15, 0.2) is 0 Å². The molecule has 0 saturated carbocycles. The lowest BCUT2D eigenvalue weighted by Crippen LogP contribution is -2.10. The fourth-order valence-electron chi connectivity index (χ4n) is 1.08. The van der Waals surface area contributed by atoms with Gasteiger partial charge in [-0.2, -0.15) is 8.42 Å². The molecule has 0 atom stereocenters. The van der Waals surface area contributed by atoms with Crippen LogP contribution in [0.4, 0.5) is 17.6 Å². The van der Waals surface area contributed by atoms with Gasteiger partial charge < -0.3 is 0 Å². The second-order valence-corrected chi connectivity index (χ2v) is 4.97. The number of halogens is 4. The van der Waals surface area contributed by atoms with Gasteiger partial charge in [0.1, 0.15) is 0 Å². The van der Waals surface area contributed by atoms with Gasteiger partial charge in [-0.1, -0.05) is 0 Å². The molecule has 0 bridgehead atoms. The summed E-state index contributed by atoms with van der Waals surface area (Å²) < 4.78 is 77.9. The Kier molecular flexibility index (Phi) is 3.78. The summed E-state index contributed by atoms with van der Waals surface area (Å²) in [6.07, 6.45) is 0.643. The Labute approximate surface area is 95.1 Å². The minimum absolute atomic E-state index is 0.643. The summed E-state index contributed by atoms with van der Waals surface area (Å²) in [5.74, 6) is -6.47. The van der Waals surface area contributed by atoms with Crippen LogP contribution in [0.3, 0.4) is 0 Å². The Morgan fingerprint density at radius 3 is 1.76 bits per heavy atom. The quantitative estimate of drug-likeness (QED) is 0.480. The van der Waals surface area contributed by atoms with E-state index in [1.54, 1.807) is 0 Å². The summed E-state index contributed by atoms with van der Waals surface area (Å²) in [5.41, 5.74) is -1.92. The first kappa shape index (κ1) is 13.9. The van der Waals surface area contributed by atoms with E-state index in [9.17, 15) is 26.0 Å². The third-order valence-corrected chi connectivity index (χ3v) is 2.54. The molecule has 0 aliphatic rings. The van der Waals surface area contributed by atoms with Crippen molar-refractivity contribution < 1.29 is 30.2 Å². The van der Waals surface area contributed by atoms with E-state index in [2.05, 4.69) is 4.18 Å². The van der Waals surface area contributed by atoms with Crippen molar-refractivity contribution in [1.82, 2.24) is 0 Å². The molecule has 0 aliphatic heterocycles. The maximum absolute atomic E-state index is 13.2. The van der Waals surface area contributed by atoms with Gasteiger partial charge in [0.25, 0.3) is 10.1 Å². The second kappa shape index (κ2) is 4.61. The highest BCUT2D eigenvalue weighted by Crippen LogP contribution is 2.24. The molecule has 0 fully saturated rings. The Morgan fingerprint density at radius 2 is 1.41 bits per heavy atom. The van der Waals surface area contributed by atoms with Gasteiger partial charge in [-0.05, 0) is 6.92 Å². The third kappa shape index (κ3) is 2.95. The Bertz CT molecular complexity index is 525. The van der Waals surface area contributed by atoms with Crippen LogP contribution in [-0.2, 0) is 20.9 Å². The fourth-order valence-corrected chi connectivity index (χ4v) is 1.41. The normalized spacial score (nSPS) is 11.9. The van der Waals surface area contributed by atoms with Crippen molar-refractivity contribution in [3.63, 3.8) is 0 Å². The van der Waals surface area contributed by atoms with Gasteiger partial charge in [0.05, 0.1) is 18.4 Å². The van der Waals surface area contributed by atoms with Gasteiger partial charge >= 0.3 is 0 Å². The Morgan fingerprint density at radius 1 is 1.00 bits per heavy atom. The standard InChI is InChI=1S/C9H8F4O3S/c1-4-6(10)8(12)5(9(13)7(4)11)3-16-17(2,14)15/h3H2,1-2H3. The number of rotatable bonds is 3. The molecule has 1 aromatic carbocycles. The molecule has 0 amide bonds. The summed E-state index contributed by atoms with van der Waals surface area (Å²) in [4.78, 5) is 0. The van der Waals surface area contributed by atoms with E-state index in [0.717, 1.165) is 6.92 Å². The highest BCUT2D eigenvalue weighted by molar-refractivity contribution is 7.85. The van der Waals surface area contributed by atoms with Gasteiger partial charge in [0.15, 0.2) is 23.3 Å². The summed E-state index contributed by atoms with van der Waals surface area (Å²) in [6.45, 7) is -0.247. The smallest absolute Gasteiger partial charge is 0.264 e. The molecule has 0 unspecified atom stereocenters. The van der Waals surface area contributed by atoms with Crippen molar-refractivity contribution in [3.8, 4) is 0 Å². The average molecular weight is 272 g/mol. The molecule has 0 radical (unpaired) electrons. The van der Waals surface area contributed by atoms with E-state index < -0.39 is 51.1 Å². The zero-order valence-corrected chi connectivity index (χ0v) is 9.67. The molecular formula is C9H8F4O3S. The number of hydrogen-bond acceptors (Lipinski definition) is 3. The van der Waals surface area contributed by atoms with Gasteiger partial charge in [-0.3, -0.25) is 4.18 Å². The molecular weight excluding hydrogens is 264 g/mol. The first-order chi connectivity index (χ1) is 7.65. The van der Waals surface area contributed by atoms with Gasteiger partial charge in [0, 0.05) is 5.56 Å². The molecule has 96 valence electrons.